The van der Waals surface area contributed by atoms with Crippen LogP contribution in [-0.2, 0) is 17.7 Å². The number of carbonyl (C=O) groups is 2. The number of anilines is 1. The van der Waals surface area contributed by atoms with Gasteiger partial charge in [-0.05, 0) is 43.4 Å². The lowest BCUT2D eigenvalue weighted by molar-refractivity contribution is 0.0599. The van der Waals surface area contributed by atoms with Crippen LogP contribution in [0, 0.1) is 6.92 Å². The van der Waals surface area contributed by atoms with Crippen molar-refractivity contribution in [3.8, 4) is 0 Å². The van der Waals surface area contributed by atoms with E-state index in [2.05, 4.69) is 20.2 Å². The fraction of sp³-hybridized carbons (Fsp3) is 0.476. The second-order valence-electron chi connectivity index (χ2n) is 7.12. The Morgan fingerprint density at radius 1 is 1.29 bits per heavy atom. The molecule has 1 fully saturated rings. The quantitative estimate of drug-likeness (QED) is 0.717. The van der Waals surface area contributed by atoms with Crippen LogP contribution in [-0.4, -0.2) is 42.0 Å². The number of rotatable bonds is 7. The molecule has 1 aliphatic rings. The minimum absolute atomic E-state index is 0.231. The molecule has 1 aliphatic heterocycles. The number of amides is 1. The lowest BCUT2D eigenvalue weighted by Gasteiger charge is -2.16. The van der Waals surface area contributed by atoms with E-state index in [-0.39, 0.29) is 5.91 Å². The maximum Gasteiger partial charge on any atom is 0.339 e. The first-order valence-electron chi connectivity index (χ1n) is 9.83. The molecular weight excluding hydrogens is 356 g/mol. The summed E-state index contributed by atoms with van der Waals surface area (Å²) in [4.78, 5) is 34.7. The number of nitrogens with zero attached hydrogens (tertiary/aromatic N) is 2. The summed E-state index contributed by atoms with van der Waals surface area (Å²) in [6.45, 7) is 6.28. The molecule has 0 aromatic carbocycles. The third-order valence-electron chi connectivity index (χ3n) is 5.10. The number of hydrogen-bond acceptors (Lipinski definition) is 5. The molecule has 7 nitrogen and oxygen atoms in total. The Kier molecular flexibility index (Phi) is 6.34. The van der Waals surface area contributed by atoms with E-state index in [9.17, 15) is 9.59 Å². The van der Waals surface area contributed by atoms with E-state index in [0.717, 1.165) is 30.9 Å². The van der Waals surface area contributed by atoms with Crippen molar-refractivity contribution in [3.05, 3.63) is 46.4 Å². The third-order valence-corrected chi connectivity index (χ3v) is 5.10. The molecule has 150 valence electrons. The molecule has 0 spiro atoms. The van der Waals surface area contributed by atoms with Gasteiger partial charge in [0.25, 0.3) is 5.91 Å². The van der Waals surface area contributed by atoms with Gasteiger partial charge in [0.15, 0.2) is 0 Å². The molecule has 3 heterocycles. The van der Waals surface area contributed by atoms with Crippen LogP contribution in [0.2, 0.25) is 0 Å². The standard InChI is InChI=1S/C21H28N4O3/c1-4-7-16-18(21(27)28-3)14(2)24-19(16)20(26)23-13-15-8-9-17(22-12-15)25-10-5-6-11-25/h8-9,12,24H,4-7,10-11,13H2,1-3H3,(H,23,26). The van der Waals surface area contributed by atoms with Crippen LogP contribution in [0.25, 0.3) is 0 Å². The lowest BCUT2D eigenvalue weighted by Crippen LogP contribution is -2.25. The third kappa shape index (κ3) is 4.18. The minimum atomic E-state index is -0.419. The Hall–Kier alpha value is -2.83. The van der Waals surface area contributed by atoms with Gasteiger partial charge in [-0.2, -0.15) is 0 Å². The van der Waals surface area contributed by atoms with Gasteiger partial charge in [-0.3, -0.25) is 4.79 Å². The number of carbonyl (C=O) groups excluding carboxylic acids is 2. The molecule has 3 rings (SSSR count). The first-order chi connectivity index (χ1) is 13.5. The van der Waals surface area contributed by atoms with Crippen LogP contribution in [0.5, 0.6) is 0 Å². The summed E-state index contributed by atoms with van der Waals surface area (Å²) in [6.07, 6.45) is 5.68. The van der Waals surface area contributed by atoms with E-state index in [1.165, 1.54) is 20.0 Å². The van der Waals surface area contributed by atoms with Crippen molar-refractivity contribution in [2.45, 2.75) is 46.1 Å². The molecule has 0 bridgehead atoms. The summed E-state index contributed by atoms with van der Waals surface area (Å²) >= 11 is 0. The fourth-order valence-corrected chi connectivity index (χ4v) is 3.67. The number of pyridine rings is 1. The van der Waals surface area contributed by atoms with Gasteiger partial charge in [0.1, 0.15) is 11.5 Å². The summed E-state index contributed by atoms with van der Waals surface area (Å²) in [6, 6.07) is 4.00. The van der Waals surface area contributed by atoms with Crippen LogP contribution in [0.3, 0.4) is 0 Å². The smallest absolute Gasteiger partial charge is 0.339 e. The first-order valence-corrected chi connectivity index (χ1v) is 9.83. The zero-order valence-electron chi connectivity index (χ0n) is 16.8. The maximum absolute atomic E-state index is 12.7. The summed E-state index contributed by atoms with van der Waals surface area (Å²) in [5, 5.41) is 2.92. The van der Waals surface area contributed by atoms with Crippen molar-refractivity contribution < 1.29 is 14.3 Å². The Labute approximate surface area is 165 Å². The SMILES string of the molecule is CCCc1c(C(=O)NCc2ccc(N3CCCC3)nc2)[nH]c(C)c1C(=O)OC. The van der Waals surface area contributed by atoms with Crippen LogP contribution in [0.1, 0.15) is 63.9 Å². The van der Waals surface area contributed by atoms with E-state index in [0.29, 0.717) is 35.5 Å². The Morgan fingerprint density at radius 2 is 2.04 bits per heavy atom. The van der Waals surface area contributed by atoms with Gasteiger partial charge in [0, 0.05) is 31.5 Å². The molecule has 2 aromatic heterocycles. The summed E-state index contributed by atoms with van der Waals surface area (Å²) in [5.41, 5.74) is 3.20. The predicted octanol–water partition coefficient (Wildman–Crippen LogP) is 2.99. The molecule has 0 aliphatic carbocycles. The van der Waals surface area contributed by atoms with Crippen LogP contribution in [0.4, 0.5) is 5.82 Å². The van der Waals surface area contributed by atoms with Crippen molar-refractivity contribution in [1.82, 2.24) is 15.3 Å². The van der Waals surface area contributed by atoms with Gasteiger partial charge in [0.2, 0.25) is 0 Å². The van der Waals surface area contributed by atoms with Crippen molar-refractivity contribution in [1.29, 1.82) is 0 Å². The van der Waals surface area contributed by atoms with E-state index < -0.39 is 5.97 Å². The Balaban J connectivity index is 1.70. The van der Waals surface area contributed by atoms with Crippen molar-refractivity contribution in [3.63, 3.8) is 0 Å². The van der Waals surface area contributed by atoms with Crippen molar-refractivity contribution >= 4 is 17.7 Å². The summed E-state index contributed by atoms with van der Waals surface area (Å²) < 4.78 is 4.88. The van der Waals surface area contributed by atoms with Crippen molar-refractivity contribution in [2.75, 3.05) is 25.1 Å². The van der Waals surface area contributed by atoms with Gasteiger partial charge in [-0.25, -0.2) is 9.78 Å². The maximum atomic E-state index is 12.7. The number of aryl methyl sites for hydroxylation is 1. The fourth-order valence-electron chi connectivity index (χ4n) is 3.67. The van der Waals surface area contributed by atoms with Gasteiger partial charge >= 0.3 is 5.97 Å². The highest BCUT2D eigenvalue weighted by Crippen LogP contribution is 2.22. The van der Waals surface area contributed by atoms with Gasteiger partial charge in [-0.15, -0.1) is 0 Å². The average molecular weight is 384 g/mol. The van der Waals surface area contributed by atoms with Crippen LogP contribution in [0.15, 0.2) is 18.3 Å². The van der Waals surface area contributed by atoms with E-state index in [1.807, 2.05) is 19.1 Å². The minimum Gasteiger partial charge on any atom is -0.465 e. The topological polar surface area (TPSA) is 87.3 Å². The number of nitrogens with one attached hydrogen (secondary N) is 2. The molecule has 1 amide bonds. The molecule has 0 unspecified atom stereocenters. The molecule has 0 atom stereocenters. The summed E-state index contributed by atoms with van der Waals surface area (Å²) in [7, 11) is 1.35. The predicted molar refractivity (Wildman–Crippen MR) is 108 cm³/mol. The molecule has 2 N–H and O–H groups in total. The highest BCUT2D eigenvalue weighted by atomic mass is 16.5. The number of H-pyrrole nitrogens is 1. The molecular formula is C21H28N4O3. The number of methoxy groups -OCH3 is 1. The second kappa shape index (κ2) is 8.91. The normalized spacial score (nSPS) is 13.6. The highest BCUT2D eigenvalue weighted by Gasteiger charge is 2.24. The number of esters is 1. The Morgan fingerprint density at radius 3 is 2.64 bits per heavy atom. The van der Waals surface area contributed by atoms with Crippen LogP contribution >= 0.6 is 0 Å². The monoisotopic (exact) mass is 384 g/mol. The number of ether oxygens (including phenoxy) is 1. The zero-order valence-corrected chi connectivity index (χ0v) is 16.8. The van der Waals surface area contributed by atoms with E-state index >= 15 is 0 Å². The molecule has 1 saturated heterocycles. The van der Waals surface area contributed by atoms with E-state index in [1.54, 1.807) is 13.1 Å². The first kappa shape index (κ1) is 19.9. The second-order valence-corrected chi connectivity index (χ2v) is 7.12. The molecule has 2 aromatic rings. The average Bonchev–Trinajstić information content (AvgIpc) is 3.35. The molecule has 7 heteroatoms. The van der Waals surface area contributed by atoms with Gasteiger partial charge in [0.05, 0.1) is 12.7 Å². The number of aromatic amines is 1. The van der Waals surface area contributed by atoms with E-state index in [4.69, 9.17) is 4.74 Å². The largest absolute Gasteiger partial charge is 0.465 e. The molecule has 0 saturated carbocycles. The molecule has 28 heavy (non-hydrogen) atoms. The van der Waals surface area contributed by atoms with Crippen LogP contribution < -0.4 is 10.2 Å². The number of hydrogen-bond donors (Lipinski definition) is 2. The Bertz CT molecular complexity index is 836. The highest BCUT2D eigenvalue weighted by molar-refractivity contribution is 6.00. The zero-order chi connectivity index (χ0) is 20.1. The number of aromatic nitrogens is 2. The summed E-state index contributed by atoms with van der Waals surface area (Å²) in [5.74, 6) is 0.337. The molecule has 0 radical (unpaired) electrons. The lowest BCUT2D eigenvalue weighted by atomic mass is 10.0. The van der Waals surface area contributed by atoms with Gasteiger partial charge < -0.3 is 19.9 Å². The van der Waals surface area contributed by atoms with Crippen molar-refractivity contribution in [2.24, 2.45) is 0 Å². The van der Waals surface area contributed by atoms with Gasteiger partial charge in [-0.1, -0.05) is 19.4 Å².